The van der Waals surface area contributed by atoms with Gasteiger partial charge in [-0.2, -0.15) is 5.26 Å². The van der Waals surface area contributed by atoms with Crippen molar-refractivity contribution >= 4 is 23.6 Å². The van der Waals surface area contributed by atoms with Gasteiger partial charge in [0.1, 0.15) is 36.4 Å². The molecular formula is C31H24N2O5. The molecule has 0 bridgehead atoms. The first-order valence-electron chi connectivity index (χ1n) is 11.8. The van der Waals surface area contributed by atoms with E-state index in [2.05, 4.69) is 5.32 Å². The zero-order chi connectivity index (χ0) is 26.7. The van der Waals surface area contributed by atoms with Crippen LogP contribution in [0.5, 0.6) is 11.5 Å². The highest BCUT2D eigenvalue weighted by molar-refractivity contribution is 6.09. The summed E-state index contributed by atoms with van der Waals surface area (Å²) in [5.74, 6) is -0.228. The van der Waals surface area contributed by atoms with Gasteiger partial charge in [-0.05, 0) is 71.3 Å². The monoisotopic (exact) mass is 504 g/mol. The number of nitrogens with zero attached hydrogens (tertiary/aromatic N) is 1. The molecule has 0 fully saturated rings. The van der Waals surface area contributed by atoms with Gasteiger partial charge in [-0.3, -0.25) is 4.79 Å². The van der Waals surface area contributed by atoms with E-state index in [1.54, 1.807) is 60.7 Å². The third-order valence-electron chi connectivity index (χ3n) is 5.52. The molecule has 0 atom stereocenters. The largest absolute Gasteiger partial charge is 0.489 e. The van der Waals surface area contributed by atoms with Crippen LogP contribution in [0.25, 0.3) is 6.08 Å². The van der Waals surface area contributed by atoms with Crippen molar-refractivity contribution in [1.29, 1.82) is 5.26 Å². The number of benzene rings is 4. The molecule has 4 aromatic rings. The number of rotatable bonds is 10. The molecule has 0 aliphatic rings. The molecule has 38 heavy (non-hydrogen) atoms. The fourth-order valence-corrected chi connectivity index (χ4v) is 3.46. The number of nitrogens with one attached hydrogen (secondary N) is 1. The Morgan fingerprint density at radius 1 is 0.763 bits per heavy atom. The van der Waals surface area contributed by atoms with E-state index in [0.717, 1.165) is 11.1 Å². The van der Waals surface area contributed by atoms with Crippen LogP contribution in [0.3, 0.4) is 0 Å². The van der Waals surface area contributed by atoms with Gasteiger partial charge in [-0.1, -0.05) is 54.6 Å². The maximum Gasteiger partial charge on any atom is 0.335 e. The Labute approximate surface area is 220 Å². The van der Waals surface area contributed by atoms with Gasteiger partial charge in [0.25, 0.3) is 5.91 Å². The van der Waals surface area contributed by atoms with Crippen LogP contribution in [-0.4, -0.2) is 17.0 Å². The van der Waals surface area contributed by atoms with Crippen molar-refractivity contribution < 1.29 is 24.2 Å². The second-order valence-corrected chi connectivity index (χ2v) is 8.28. The van der Waals surface area contributed by atoms with Crippen molar-refractivity contribution in [2.24, 2.45) is 0 Å². The van der Waals surface area contributed by atoms with Crippen LogP contribution >= 0.6 is 0 Å². The van der Waals surface area contributed by atoms with Crippen LogP contribution in [0.4, 0.5) is 5.69 Å². The standard InChI is InChI=1S/C31H24N2O5/c32-19-26(30(34)33-27-12-16-29(17-13-27)37-20-23-4-2-1-3-5-23)18-22-8-14-28(15-9-22)38-21-24-6-10-25(11-7-24)31(35)36/h1-18H,20-21H2,(H,33,34)(H,35,36)/b26-18+. The zero-order valence-electron chi connectivity index (χ0n) is 20.3. The van der Waals surface area contributed by atoms with Crippen molar-refractivity contribution in [2.45, 2.75) is 13.2 Å². The minimum absolute atomic E-state index is 0.0402. The van der Waals surface area contributed by atoms with E-state index in [0.29, 0.717) is 29.4 Å². The summed E-state index contributed by atoms with van der Waals surface area (Å²) in [5, 5.41) is 21.2. The average molecular weight is 505 g/mol. The average Bonchev–Trinajstić information content (AvgIpc) is 2.95. The number of nitriles is 1. The smallest absolute Gasteiger partial charge is 0.335 e. The van der Waals surface area contributed by atoms with Crippen LogP contribution in [0.15, 0.2) is 109 Å². The van der Waals surface area contributed by atoms with E-state index in [4.69, 9.17) is 14.6 Å². The number of aromatic carboxylic acids is 1. The Balaban J connectivity index is 1.31. The highest BCUT2D eigenvalue weighted by Gasteiger charge is 2.10. The Morgan fingerprint density at radius 2 is 1.32 bits per heavy atom. The second kappa shape index (κ2) is 12.6. The van der Waals surface area contributed by atoms with E-state index in [-0.39, 0.29) is 17.7 Å². The summed E-state index contributed by atoms with van der Waals surface area (Å²) in [6, 6.07) is 32.1. The van der Waals surface area contributed by atoms with Crippen molar-refractivity contribution in [2.75, 3.05) is 5.32 Å². The molecule has 0 aromatic heterocycles. The van der Waals surface area contributed by atoms with Gasteiger partial charge in [0, 0.05) is 5.69 Å². The summed E-state index contributed by atoms with van der Waals surface area (Å²) in [7, 11) is 0. The quantitative estimate of drug-likeness (QED) is 0.200. The number of carbonyl (C=O) groups excluding carboxylic acids is 1. The van der Waals surface area contributed by atoms with Crippen LogP contribution < -0.4 is 14.8 Å². The van der Waals surface area contributed by atoms with E-state index in [1.165, 1.54) is 18.2 Å². The first-order chi connectivity index (χ1) is 18.5. The maximum absolute atomic E-state index is 12.6. The van der Waals surface area contributed by atoms with Gasteiger partial charge >= 0.3 is 5.97 Å². The zero-order valence-corrected chi connectivity index (χ0v) is 20.3. The lowest BCUT2D eigenvalue weighted by atomic mass is 10.1. The molecule has 0 aliphatic carbocycles. The number of anilines is 1. The minimum atomic E-state index is -0.978. The SMILES string of the molecule is N#C/C(=C\c1ccc(OCc2ccc(C(=O)O)cc2)cc1)C(=O)Nc1ccc(OCc2ccccc2)cc1. The summed E-state index contributed by atoms with van der Waals surface area (Å²) in [5.41, 5.74) is 3.27. The van der Waals surface area contributed by atoms with Crippen LogP contribution in [0.1, 0.15) is 27.0 Å². The molecule has 7 nitrogen and oxygen atoms in total. The van der Waals surface area contributed by atoms with Gasteiger partial charge in [-0.25, -0.2) is 4.79 Å². The Hall–Kier alpha value is -5.35. The normalized spacial score (nSPS) is 10.8. The fraction of sp³-hybridized carbons (Fsp3) is 0.0645. The van der Waals surface area contributed by atoms with Gasteiger partial charge in [0.2, 0.25) is 0 Å². The highest BCUT2D eigenvalue weighted by Crippen LogP contribution is 2.19. The Morgan fingerprint density at radius 3 is 1.87 bits per heavy atom. The second-order valence-electron chi connectivity index (χ2n) is 8.28. The number of hydrogen-bond acceptors (Lipinski definition) is 5. The van der Waals surface area contributed by atoms with Gasteiger partial charge in [0.15, 0.2) is 0 Å². The van der Waals surface area contributed by atoms with Crippen molar-refractivity contribution in [3.05, 3.63) is 131 Å². The molecule has 0 radical (unpaired) electrons. The van der Waals surface area contributed by atoms with Crippen LogP contribution in [0.2, 0.25) is 0 Å². The summed E-state index contributed by atoms with van der Waals surface area (Å²) < 4.78 is 11.5. The van der Waals surface area contributed by atoms with Crippen LogP contribution in [0, 0.1) is 11.3 Å². The molecule has 0 aliphatic heterocycles. The summed E-state index contributed by atoms with van der Waals surface area (Å²) in [6.07, 6.45) is 1.50. The predicted molar refractivity (Wildman–Crippen MR) is 144 cm³/mol. The molecule has 0 unspecified atom stereocenters. The van der Waals surface area contributed by atoms with E-state index < -0.39 is 11.9 Å². The number of carbonyl (C=O) groups is 2. The number of ether oxygens (including phenoxy) is 2. The molecular weight excluding hydrogens is 480 g/mol. The first-order valence-corrected chi connectivity index (χ1v) is 11.8. The molecule has 0 heterocycles. The molecule has 4 aromatic carbocycles. The van der Waals surface area contributed by atoms with Crippen molar-refractivity contribution in [1.82, 2.24) is 0 Å². The number of hydrogen-bond donors (Lipinski definition) is 2. The minimum Gasteiger partial charge on any atom is -0.489 e. The topological polar surface area (TPSA) is 109 Å². The molecule has 0 saturated carbocycles. The molecule has 7 heteroatoms. The van der Waals surface area contributed by atoms with Gasteiger partial charge in [0.05, 0.1) is 5.56 Å². The van der Waals surface area contributed by atoms with Gasteiger partial charge in [-0.15, -0.1) is 0 Å². The van der Waals surface area contributed by atoms with Gasteiger partial charge < -0.3 is 19.9 Å². The number of carboxylic acid groups (broad SMARTS) is 1. The van der Waals surface area contributed by atoms with E-state index in [1.807, 2.05) is 36.4 Å². The third-order valence-corrected chi connectivity index (χ3v) is 5.52. The fourth-order valence-electron chi connectivity index (χ4n) is 3.46. The van der Waals surface area contributed by atoms with Crippen molar-refractivity contribution in [3.8, 4) is 17.6 Å². The molecule has 1 amide bonds. The lowest BCUT2D eigenvalue weighted by Gasteiger charge is -2.09. The summed E-state index contributed by atoms with van der Waals surface area (Å²) >= 11 is 0. The van der Waals surface area contributed by atoms with E-state index in [9.17, 15) is 14.9 Å². The Bertz CT molecular complexity index is 1450. The number of carboxylic acids is 1. The van der Waals surface area contributed by atoms with Crippen LogP contribution in [-0.2, 0) is 18.0 Å². The van der Waals surface area contributed by atoms with E-state index >= 15 is 0 Å². The highest BCUT2D eigenvalue weighted by atomic mass is 16.5. The molecule has 2 N–H and O–H groups in total. The third kappa shape index (κ3) is 7.33. The molecule has 0 spiro atoms. The lowest BCUT2D eigenvalue weighted by Crippen LogP contribution is -2.13. The molecule has 0 saturated heterocycles. The predicted octanol–water partition coefficient (Wildman–Crippen LogP) is 6.09. The lowest BCUT2D eigenvalue weighted by molar-refractivity contribution is -0.112. The maximum atomic E-state index is 12.6. The number of amides is 1. The Kier molecular flexibility index (Phi) is 8.51. The molecule has 4 rings (SSSR count). The van der Waals surface area contributed by atoms with Crippen molar-refractivity contribution in [3.63, 3.8) is 0 Å². The summed E-state index contributed by atoms with van der Waals surface area (Å²) in [4.78, 5) is 23.6. The summed E-state index contributed by atoms with van der Waals surface area (Å²) in [6.45, 7) is 0.717. The first kappa shape index (κ1) is 25.7. The molecule has 188 valence electrons.